The van der Waals surface area contributed by atoms with E-state index in [1.54, 1.807) is 0 Å². The summed E-state index contributed by atoms with van der Waals surface area (Å²) in [4.78, 5) is 11.5. The van der Waals surface area contributed by atoms with E-state index in [4.69, 9.17) is 0 Å². The Kier molecular flexibility index (Phi) is 3.49. The second-order valence-corrected chi connectivity index (χ2v) is 5.20. The van der Waals surface area contributed by atoms with E-state index >= 15 is 0 Å². The fourth-order valence-corrected chi connectivity index (χ4v) is 2.27. The summed E-state index contributed by atoms with van der Waals surface area (Å²) < 4.78 is 0. The maximum atomic E-state index is 11.5. The van der Waals surface area contributed by atoms with Gasteiger partial charge in [0, 0.05) is 12.1 Å². The molecule has 3 heteroatoms. The van der Waals surface area contributed by atoms with Gasteiger partial charge in [0.2, 0.25) is 0 Å². The molecule has 2 N–H and O–H groups in total. The minimum Gasteiger partial charge on any atom is -0.335 e. The van der Waals surface area contributed by atoms with E-state index in [-0.39, 0.29) is 6.03 Å². The smallest absolute Gasteiger partial charge is 0.315 e. The number of carbonyl (C=O) groups is 1. The third-order valence-corrected chi connectivity index (χ3v) is 3.51. The highest BCUT2D eigenvalue weighted by atomic mass is 16.2. The van der Waals surface area contributed by atoms with Gasteiger partial charge in [-0.05, 0) is 38.0 Å². The minimum atomic E-state index is 0.0528. The Labute approximate surface area is 92.0 Å². The number of hydrogen-bond acceptors (Lipinski definition) is 1. The molecule has 86 valence electrons. The number of urea groups is 1. The molecule has 2 aliphatic rings. The Morgan fingerprint density at radius 3 is 2.20 bits per heavy atom. The van der Waals surface area contributed by atoms with Crippen LogP contribution in [0.25, 0.3) is 0 Å². The van der Waals surface area contributed by atoms with Crippen LogP contribution in [0.15, 0.2) is 0 Å². The predicted molar refractivity (Wildman–Crippen MR) is 60.7 cm³/mol. The number of carbonyl (C=O) groups excluding carboxylic acids is 1. The summed E-state index contributed by atoms with van der Waals surface area (Å²) in [5.74, 6) is 0.836. The molecule has 0 saturated heterocycles. The number of amides is 2. The predicted octanol–water partition coefficient (Wildman–Crippen LogP) is 2.42. The quantitative estimate of drug-likeness (QED) is 0.675. The largest absolute Gasteiger partial charge is 0.335 e. The molecule has 0 radical (unpaired) electrons. The lowest BCUT2D eigenvalue weighted by molar-refractivity contribution is 0.235. The summed E-state index contributed by atoms with van der Waals surface area (Å²) >= 11 is 0. The van der Waals surface area contributed by atoms with Crippen molar-refractivity contribution >= 4 is 6.03 Å². The lowest BCUT2D eigenvalue weighted by Gasteiger charge is -2.16. The van der Waals surface area contributed by atoms with Crippen molar-refractivity contribution < 1.29 is 4.79 Å². The van der Waals surface area contributed by atoms with Crippen molar-refractivity contribution in [3.8, 4) is 0 Å². The first-order chi connectivity index (χ1) is 7.24. The maximum absolute atomic E-state index is 11.5. The van der Waals surface area contributed by atoms with Crippen molar-refractivity contribution in [1.82, 2.24) is 10.6 Å². The van der Waals surface area contributed by atoms with Crippen molar-refractivity contribution in [2.24, 2.45) is 5.92 Å². The second-order valence-electron chi connectivity index (χ2n) is 5.20. The van der Waals surface area contributed by atoms with Gasteiger partial charge < -0.3 is 10.6 Å². The van der Waals surface area contributed by atoms with E-state index in [9.17, 15) is 4.79 Å². The molecule has 2 amide bonds. The van der Waals surface area contributed by atoms with Crippen LogP contribution < -0.4 is 10.6 Å². The molecule has 0 aliphatic heterocycles. The van der Waals surface area contributed by atoms with E-state index in [1.807, 2.05) is 0 Å². The second kappa shape index (κ2) is 4.86. The van der Waals surface area contributed by atoms with Crippen LogP contribution >= 0.6 is 0 Å². The van der Waals surface area contributed by atoms with Crippen molar-refractivity contribution in [3.63, 3.8) is 0 Å². The standard InChI is InChI=1S/C12H22N2O/c1-9-3-2-4-10(6-5-9)13-12(15)14-11-7-8-11/h9-11H,2-8H2,1H3,(H2,13,14,15). The Morgan fingerprint density at radius 1 is 0.933 bits per heavy atom. The van der Waals surface area contributed by atoms with E-state index in [0.29, 0.717) is 12.1 Å². The van der Waals surface area contributed by atoms with Crippen molar-refractivity contribution in [3.05, 3.63) is 0 Å². The fourth-order valence-electron chi connectivity index (χ4n) is 2.27. The third-order valence-electron chi connectivity index (χ3n) is 3.51. The maximum Gasteiger partial charge on any atom is 0.315 e. The first-order valence-corrected chi connectivity index (χ1v) is 6.31. The molecule has 2 aliphatic carbocycles. The van der Waals surface area contributed by atoms with Crippen LogP contribution in [0.2, 0.25) is 0 Å². The monoisotopic (exact) mass is 210 g/mol. The molecule has 15 heavy (non-hydrogen) atoms. The molecule has 0 aromatic rings. The lowest BCUT2D eigenvalue weighted by atomic mass is 10.0. The summed E-state index contributed by atoms with van der Waals surface area (Å²) in [7, 11) is 0. The Hall–Kier alpha value is -0.730. The van der Waals surface area contributed by atoms with E-state index in [1.165, 1.54) is 19.3 Å². The molecule has 3 nitrogen and oxygen atoms in total. The molecule has 2 unspecified atom stereocenters. The zero-order chi connectivity index (χ0) is 10.7. The van der Waals surface area contributed by atoms with Gasteiger partial charge >= 0.3 is 6.03 Å². The van der Waals surface area contributed by atoms with Crippen LogP contribution in [0.1, 0.15) is 51.9 Å². The molecule has 0 bridgehead atoms. The van der Waals surface area contributed by atoms with Crippen molar-refractivity contribution in [1.29, 1.82) is 0 Å². The summed E-state index contributed by atoms with van der Waals surface area (Å²) in [6.07, 6.45) is 8.47. The summed E-state index contributed by atoms with van der Waals surface area (Å²) in [5.41, 5.74) is 0. The number of hydrogen-bond donors (Lipinski definition) is 2. The molecular formula is C12H22N2O. The minimum absolute atomic E-state index is 0.0528. The van der Waals surface area contributed by atoms with Gasteiger partial charge in [-0.25, -0.2) is 4.79 Å². The molecule has 2 fully saturated rings. The van der Waals surface area contributed by atoms with Gasteiger partial charge in [0.1, 0.15) is 0 Å². The van der Waals surface area contributed by atoms with Crippen molar-refractivity contribution in [2.45, 2.75) is 64.0 Å². The Bertz CT molecular complexity index is 226. The molecular weight excluding hydrogens is 188 g/mol. The number of rotatable bonds is 2. The normalized spacial score (nSPS) is 31.8. The molecule has 2 saturated carbocycles. The fraction of sp³-hybridized carbons (Fsp3) is 0.917. The van der Waals surface area contributed by atoms with Gasteiger partial charge in [-0.2, -0.15) is 0 Å². The van der Waals surface area contributed by atoms with E-state index in [0.717, 1.165) is 31.6 Å². The topological polar surface area (TPSA) is 41.1 Å². The van der Waals surface area contributed by atoms with Gasteiger partial charge in [0.15, 0.2) is 0 Å². The zero-order valence-electron chi connectivity index (χ0n) is 9.59. The average molecular weight is 210 g/mol. The molecule has 0 aromatic heterocycles. The van der Waals surface area contributed by atoms with Crippen LogP contribution in [0.3, 0.4) is 0 Å². The van der Waals surface area contributed by atoms with Crippen LogP contribution in [0, 0.1) is 5.92 Å². The van der Waals surface area contributed by atoms with Crippen molar-refractivity contribution in [2.75, 3.05) is 0 Å². The summed E-state index contributed by atoms with van der Waals surface area (Å²) in [6.45, 7) is 2.31. The first-order valence-electron chi connectivity index (χ1n) is 6.31. The zero-order valence-corrected chi connectivity index (χ0v) is 9.59. The molecule has 0 heterocycles. The Morgan fingerprint density at radius 2 is 1.53 bits per heavy atom. The third kappa shape index (κ3) is 3.73. The van der Waals surface area contributed by atoms with Crippen LogP contribution in [0.5, 0.6) is 0 Å². The SMILES string of the molecule is CC1CCCC(NC(=O)NC2CC2)CC1. The van der Waals surface area contributed by atoms with E-state index < -0.39 is 0 Å². The van der Waals surface area contributed by atoms with Gasteiger partial charge in [0.05, 0.1) is 0 Å². The van der Waals surface area contributed by atoms with Gasteiger partial charge in [0.25, 0.3) is 0 Å². The lowest BCUT2D eigenvalue weighted by Crippen LogP contribution is -2.42. The Balaban J connectivity index is 1.70. The molecule has 2 atom stereocenters. The molecule has 0 spiro atoms. The van der Waals surface area contributed by atoms with Crippen LogP contribution in [-0.4, -0.2) is 18.1 Å². The van der Waals surface area contributed by atoms with Crippen LogP contribution in [0.4, 0.5) is 4.79 Å². The van der Waals surface area contributed by atoms with Gasteiger partial charge in [-0.15, -0.1) is 0 Å². The summed E-state index contributed by atoms with van der Waals surface area (Å²) in [5, 5.41) is 6.08. The van der Waals surface area contributed by atoms with Gasteiger partial charge in [-0.3, -0.25) is 0 Å². The number of nitrogens with one attached hydrogen (secondary N) is 2. The molecule has 0 aromatic carbocycles. The first kappa shape index (κ1) is 10.8. The summed E-state index contributed by atoms with van der Waals surface area (Å²) in [6, 6.07) is 0.931. The highest BCUT2D eigenvalue weighted by Gasteiger charge is 2.24. The highest BCUT2D eigenvalue weighted by Crippen LogP contribution is 2.23. The molecule has 2 rings (SSSR count). The average Bonchev–Trinajstić information content (AvgIpc) is 2.97. The van der Waals surface area contributed by atoms with Gasteiger partial charge in [-0.1, -0.05) is 19.8 Å². The highest BCUT2D eigenvalue weighted by molar-refractivity contribution is 5.74. The van der Waals surface area contributed by atoms with Crippen LogP contribution in [-0.2, 0) is 0 Å². The van der Waals surface area contributed by atoms with E-state index in [2.05, 4.69) is 17.6 Å².